The molecule has 0 aliphatic carbocycles. The maximum atomic E-state index is 12.4. The summed E-state index contributed by atoms with van der Waals surface area (Å²) in [6.45, 7) is 1.78. The fourth-order valence-electron chi connectivity index (χ4n) is 3.43. The molecule has 0 fully saturated rings. The van der Waals surface area contributed by atoms with Crippen LogP contribution in [0.25, 0.3) is 11.4 Å². The van der Waals surface area contributed by atoms with Crippen LogP contribution in [0.3, 0.4) is 0 Å². The number of benzene rings is 1. The average Bonchev–Trinajstić information content (AvgIpc) is 3.16. The van der Waals surface area contributed by atoms with Gasteiger partial charge in [-0.05, 0) is 37.3 Å². The highest BCUT2D eigenvalue weighted by atomic mass is 16.5. The molecule has 1 unspecified atom stereocenters. The van der Waals surface area contributed by atoms with Crippen molar-refractivity contribution in [1.29, 1.82) is 0 Å². The molecule has 4 rings (SSSR count). The van der Waals surface area contributed by atoms with E-state index in [0.717, 1.165) is 5.56 Å². The van der Waals surface area contributed by atoms with Crippen molar-refractivity contribution in [2.24, 2.45) is 5.73 Å². The van der Waals surface area contributed by atoms with Crippen molar-refractivity contribution in [2.75, 3.05) is 19.5 Å². The molecular weight excluding hydrogens is 372 g/mol. The quantitative estimate of drug-likeness (QED) is 0.683. The number of nitrogens with two attached hydrogens (primary N) is 1. The van der Waals surface area contributed by atoms with Crippen molar-refractivity contribution >= 4 is 11.9 Å². The van der Waals surface area contributed by atoms with Gasteiger partial charge in [-0.3, -0.25) is 9.78 Å². The fourth-order valence-corrected chi connectivity index (χ4v) is 3.43. The Labute approximate surface area is 167 Å². The fraction of sp³-hybridized carbons (Fsp3) is 0.200. The number of primary amides is 1. The first-order valence-electron chi connectivity index (χ1n) is 8.90. The molecule has 1 atom stereocenters. The van der Waals surface area contributed by atoms with Crippen LogP contribution < -0.4 is 20.5 Å². The molecule has 2 aromatic heterocycles. The second-order valence-electron chi connectivity index (χ2n) is 6.48. The van der Waals surface area contributed by atoms with Crippen LogP contribution in [0, 0.1) is 0 Å². The van der Waals surface area contributed by atoms with Crippen molar-refractivity contribution in [3.8, 4) is 22.9 Å². The number of carbonyl (C=O) groups is 1. The largest absolute Gasteiger partial charge is 0.497 e. The van der Waals surface area contributed by atoms with Gasteiger partial charge in [-0.15, -0.1) is 5.10 Å². The third-order valence-electron chi connectivity index (χ3n) is 4.77. The highest BCUT2D eigenvalue weighted by Gasteiger charge is 2.35. The third-order valence-corrected chi connectivity index (χ3v) is 4.77. The lowest BCUT2D eigenvalue weighted by Gasteiger charge is -2.28. The summed E-state index contributed by atoms with van der Waals surface area (Å²) < 4.78 is 12.6. The van der Waals surface area contributed by atoms with Crippen molar-refractivity contribution < 1.29 is 14.3 Å². The second kappa shape index (κ2) is 7.27. The Kier molecular flexibility index (Phi) is 4.63. The number of allylic oxidation sites excluding steroid dienone is 1. The van der Waals surface area contributed by atoms with Gasteiger partial charge in [0.25, 0.3) is 0 Å². The highest BCUT2D eigenvalue weighted by molar-refractivity contribution is 5.95. The van der Waals surface area contributed by atoms with E-state index in [4.69, 9.17) is 15.2 Å². The molecule has 29 heavy (non-hydrogen) atoms. The number of ether oxygens (including phenoxy) is 2. The van der Waals surface area contributed by atoms with Crippen LogP contribution in [0.4, 0.5) is 5.95 Å². The number of fused-ring (bicyclic) bond motifs is 1. The van der Waals surface area contributed by atoms with Crippen molar-refractivity contribution in [3.05, 3.63) is 59.6 Å². The molecule has 9 heteroatoms. The summed E-state index contributed by atoms with van der Waals surface area (Å²) >= 11 is 0. The number of nitrogens with one attached hydrogen (secondary N) is 1. The molecule has 3 aromatic rings. The summed E-state index contributed by atoms with van der Waals surface area (Å²) in [4.78, 5) is 21.1. The van der Waals surface area contributed by atoms with Crippen LogP contribution >= 0.6 is 0 Å². The van der Waals surface area contributed by atoms with Crippen LogP contribution in [-0.2, 0) is 4.79 Å². The molecule has 9 nitrogen and oxygen atoms in total. The van der Waals surface area contributed by atoms with Gasteiger partial charge in [0.1, 0.15) is 17.5 Å². The normalized spacial score (nSPS) is 15.5. The van der Waals surface area contributed by atoms with Crippen LogP contribution in [0.5, 0.6) is 11.5 Å². The molecule has 0 radical (unpaired) electrons. The van der Waals surface area contributed by atoms with E-state index < -0.39 is 11.9 Å². The van der Waals surface area contributed by atoms with E-state index in [0.29, 0.717) is 40.1 Å². The topological polar surface area (TPSA) is 117 Å². The van der Waals surface area contributed by atoms with Gasteiger partial charge in [0.05, 0.1) is 19.8 Å². The van der Waals surface area contributed by atoms with E-state index in [-0.39, 0.29) is 0 Å². The van der Waals surface area contributed by atoms with E-state index in [1.54, 1.807) is 56.4 Å². The number of amides is 1. The number of aromatic nitrogens is 4. The zero-order valence-electron chi connectivity index (χ0n) is 16.2. The SMILES string of the molecule is COc1ccc(OC)c(C2C(C(N)=O)=C(C)Nc3nc(-c4cccnc4)nn32)c1. The standard InChI is InChI=1S/C20H20N6O3/c1-11-16(18(21)27)17(14-9-13(28-2)6-7-15(14)29-3)26-20(23-11)24-19(25-26)12-5-4-8-22-10-12/h4-10,17H,1-3H3,(H2,21,27)(H,23,24,25). The van der Waals surface area contributed by atoms with Gasteiger partial charge in [0, 0.05) is 29.2 Å². The zero-order chi connectivity index (χ0) is 20.5. The maximum absolute atomic E-state index is 12.4. The Hall–Kier alpha value is -3.88. The number of hydrogen-bond donors (Lipinski definition) is 2. The van der Waals surface area contributed by atoms with Gasteiger partial charge < -0.3 is 20.5 Å². The Morgan fingerprint density at radius 1 is 1.24 bits per heavy atom. The molecule has 1 aromatic carbocycles. The maximum Gasteiger partial charge on any atom is 0.248 e. The monoisotopic (exact) mass is 392 g/mol. The Balaban J connectivity index is 1.94. The van der Waals surface area contributed by atoms with Crippen LogP contribution in [0.15, 0.2) is 54.0 Å². The van der Waals surface area contributed by atoms with Gasteiger partial charge in [0.15, 0.2) is 5.82 Å². The number of anilines is 1. The van der Waals surface area contributed by atoms with E-state index in [1.165, 1.54) is 0 Å². The van der Waals surface area contributed by atoms with E-state index in [9.17, 15) is 4.79 Å². The van der Waals surface area contributed by atoms with Gasteiger partial charge in [-0.25, -0.2) is 4.68 Å². The third kappa shape index (κ3) is 3.16. The van der Waals surface area contributed by atoms with Gasteiger partial charge in [0.2, 0.25) is 11.9 Å². The number of pyridine rings is 1. The predicted molar refractivity (Wildman–Crippen MR) is 106 cm³/mol. The Bertz CT molecular complexity index is 1110. The highest BCUT2D eigenvalue weighted by Crippen LogP contribution is 2.40. The molecule has 1 amide bonds. The van der Waals surface area contributed by atoms with Gasteiger partial charge in [-0.1, -0.05) is 0 Å². The first-order valence-corrected chi connectivity index (χ1v) is 8.90. The average molecular weight is 392 g/mol. The molecule has 148 valence electrons. The molecule has 3 heterocycles. The van der Waals surface area contributed by atoms with E-state index in [1.807, 2.05) is 12.1 Å². The number of rotatable bonds is 5. The summed E-state index contributed by atoms with van der Waals surface area (Å²) in [6, 6.07) is 8.41. The lowest BCUT2D eigenvalue weighted by Crippen LogP contribution is -2.32. The first kappa shape index (κ1) is 18.5. The number of nitrogens with zero attached hydrogens (tertiary/aromatic N) is 4. The van der Waals surface area contributed by atoms with Crippen LogP contribution in [0.2, 0.25) is 0 Å². The number of methoxy groups -OCH3 is 2. The molecule has 3 N–H and O–H groups in total. The molecule has 1 aliphatic rings. The molecule has 0 spiro atoms. The summed E-state index contributed by atoms with van der Waals surface area (Å²) in [5.41, 5.74) is 8.15. The second-order valence-corrected chi connectivity index (χ2v) is 6.48. The van der Waals surface area contributed by atoms with Crippen LogP contribution in [0.1, 0.15) is 18.5 Å². The van der Waals surface area contributed by atoms with E-state index >= 15 is 0 Å². The van der Waals surface area contributed by atoms with Gasteiger partial charge >= 0.3 is 0 Å². The number of carbonyl (C=O) groups excluding carboxylic acids is 1. The lowest BCUT2D eigenvalue weighted by molar-refractivity contribution is -0.115. The zero-order valence-corrected chi connectivity index (χ0v) is 16.2. The molecule has 0 saturated carbocycles. The van der Waals surface area contributed by atoms with E-state index in [2.05, 4.69) is 20.4 Å². The Morgan fingerprint density at radius 3 is 2.72 bits per heavy atom. The molecule has 0 bridgehead atoms. The molecule has 1 aliphatic heterocycles. The summed E-state index contributed by atoms with van der Waals surface area (Å²) in [6.07, 6.45) is 3.36. The van der Waals surface area contributed by atoms with Crippen molar-refractivity contribution in [3.63, 3.8) is 0 Å². The van der Waals surface area contributed by atoms with Crippen molar-refractivity contribution in [2.45, 2.75) is 13.0 Å². The Morgan fingerprint density at radius 2 is 2.07 bits per heavy atom. The van der Waals surface area contributed by atoms with Gasteiger partial charge in [-0.2, -0.15) is 4.98 Å². The lowest BCUT2D eigenvalue weighted by atomic mass is 9.94. The number of hydrogen-bond acceptors (Lipinski definition) is 7. The smallest absolute Gasteiger partial charge is 0.248 e. The van der Waals surface area contributed by atoms with Crippen molar-refractivity contribution in [1.82, 2.24) is 19.7 Å². The summed E-state index contributed by atoms with van der Waals surface area (Å²) in [7, 11) is 3.14. The first-order chi connectivity index (χ1) is 14.0. The van der Waals surface area contributed by atoms with Crippen LogP contribution in [-0.4, -0.2) is 39.9 Å². The molecular formula is C20H20N6O3. The summed E-state index contributed by atoms with van der Waals surface area (Å²) in [5, 5.41) is 7.76. The molecule has 0 saturated heterocycles. The minimum atomic E-state index is -0.633. The predicted octanol–water partition coefficient (Wildman–Crippen LogP) is 2.13. The minimum absolute atomic E-state index is 0.367. The summed E-state index contributed by atoms with van der Waals surface area (Å²) in [5.74, 6) is 1.60. The minimum Gasteiger partial charge on any atom is -0.497 e.